The minimum Gasteiger partial charge on any atom is -0.307 e. The summed E-state index contributed by atoms with van der Waals surface area (Å²) in [5, 5.41) is 5.64. The van der Waals surface area contributed by atoms with Gasteiger partial charge in [-0.2, -0.15) is 0 Å². The molecule has 1 aromatic heterocycles. The predicted molar refractivity (Wildman–Crippen MR) is 64.1 cm³/mol. The van der Waals surface area contributed by atoms with Crippen molar-refractivity contribution in [3.63, 3.8) is 0 Å². The zero-order valence-corrected chi connectivity index (χ0v) is 9.98. The van der Waals surface area contributed by atoms with Crippen LogP contribution in [0.2, 0.25) is 5.02 Å². The van der Waals surface area contributed by atoms with E-state index in [1.165, 1.54) is 12.1 Å². The van der Waals surface area contributed by atoms with E-state index in [1.54, 1.807) is 22.9 Å². The Hall–Kier alpha value is -0.970. The maximum absolute atomic E-state index is 12.8. The molecule has 2 nitrogen and oxygen atoms in total. The van der Waals surface area contributed by atoms with Crippen molar-refractivity contribution < 1.29 is 4.39 Å². The summed E-state index contributed by atoms with van der Waals surface area (Å²) < 4.78 is 12.8. The van der Waals surface area contributed by atoms with Gasteiger partial charge in [0, 0.05) is 23.5 Å². The number of nitrogens with zero attached hydrogens (tertiary/aromatic N) is 1. The van der Waals surface area contributed by atoms with Crippen LogP contribution in [0.3, 0.4) is 0 Å². The smallest absolute Gasteiger partial charge is 0.124 e. The van der Waals surface area contributed by atoms with Gasteiger partial charge in [-0.15, -0.1) is 11.3 Å². The Morgan fingerprint density at radius 3 is 2.94 bits per heavy atom. The predicted octanol–water partition coefficient (Wildman–Crippen LogP) is 3.23. The van der Waals surface area contributed by atoms with Gasteiger partial charge in [0.25, 0.3) is 0 Å². The first kappa shape index (κ1) is 11.5. The number of hydrogen-bond acceptors (Lipinski definition) is 3. The lowest BCUT2D eigenvalue weighted by molar-refractivity contribution is 0.624. The second-order valence-electron chi connectivity index (χ2n) is 3.32. The summed E-state index contributed by atoms with van der Waals surface area (Å²) in [6.07, 6.45) is 0. The van der Waals surface area contributed by atoms with Gasteiger partial charge in [-0.05, 0) is 17.7 Å². The molecule has 0 fully saturated rings. The summed E-state index contributed by atoms with van der Waals surface area (Å²) >= 11 is 7.46. The highest BCUT2D eigenvalue weighted by molar-refractivity contribution is 7.07. The Bertz CT molecular complexity index is 459. The van der Waals surface area contributed by atoms with Crippen molar-refractivity contribution in [2.24, 2.45) is 0 Å². The molecule has 16 heavy (non-hydrogen) atoms. The zero-order chi connectivity index (χ0) is 11.4. The summed E-state index contributed by atoms with van der Waals surface area (Å²) in [6, 6.07) is 4.42. The Morgan fingerprint density at radius 2 is 2.25 bits per heavy atom. The highest BCUT2D eigenvalue weighted by Gasteiger charge is 2.01. The summed E-state index contributed by atoms with van der Waals surface area (Å²) in [4.78, 5) is 4.15. The topological polar surface area (TPSA) is 24.9 Å². The van der Waals surface area contributed by atoms with Gasteiger partial charge in [-0.3, -0.25) is 0 Å². The molecule has 84 valence electrons. The first-order chi connectivity index (χ1) is 7.75. The van der Waals surface area contributed by atoms with Crippen LogP contribution < -0.4 is 5.32 Å². The summed E-state index contributed by atoms with van der Waals surface area (Å²) in [6.45, 7) is 1.30. The van der Waals surface area contributed by atoms with Gasteiger partial charge in [0.1, 0.15) is 5.82 Å². The van der Waals surface area contributed by atoms with Crippen LogP contribution >= 0.6 is 22.9 Å². The number of rotatable bonds is 4. The molecule has 0 saturated heterocycles. The molecule has 5 heteroatoms. The van der Waals surface area contributed by atoms with E-state index in [9.17, 15) is 4.39 Å². The first-order valence-corrected chi connectivity index (χ1v) is 6.09. The monoisotopic (exact) mass is 256 g/mol. The lowest BCUT2D eigenvalue weighted by Crippen LogP contribution is -2.13. The number of aromatic nitrogens is 1. The van der Waals surface area contributed by atoms with Crippen LogP contribution in [0.4, 0.5) is 4.39 Å². The molecule has 0 unspecified atom stereocenters. The van der Waals surface area contributed by atoms with Crippen LogP contribution in [0.25, 0.3) is 0 Å². The van der Waals surface area contributed by atoms with Crippen molar-refractivity contribution in [1.82, 2.24) is 10.3 Å². The van der Waals surface area contributed by atoms with Gasteiger partial charge in [0.15, 0.2) is 0 Å². The Labute approximate surface area is 102 Å². The van der Waals surface area contributed by atoms with Crippen molar-refractivity contribution in [2.45, 2.75) is 13.1 Å². The van der Waals surface area contributed by atoms with Gasteiger partial charge in [0.05, 0.1) is 11.2 Å². The average molecular weight is 257 g/mol. The molecule has 0 bridgehead atoms. The highest BCUT2D eigenvalue weighted by atomic mass is 35.5. The molecule has 0 saturated carbocycles. The normalized spacial score (nSPS) is 10.6. The standard InChI is InChI=1S/C11H10ClFN2S/c12-11-3-9(13)2-1-8(11)4-14-5-10-6-16-7-15-10/h1-3,6-7,14H,4-5H2. The Balaban J connectivity index is 1.90. The third-order valence-electron chi connectivity index (χ3n) is 2.12. The molecule has 2 aromatic rings. The van der Waals surface area contributed by atoms with E-state index in [0.29, 0.717) is 18.1 Å². The molecule has 1 N–H and O–H groups in total. The fourth-order valence-corrected chi connectivity index (χ4v) is 2.11. The lowest BCUT2D eigenvalue weighted by Gasteiger charge is -2.05. The van der Waals surface area contributed by atoms with Crippen LogP contribution in [0.1, 0.15) is 11.3 Å². The average Bonchev–Trinajstić information content (AvgIpc) is 2.74. The molecule has 0 aliphatic rings. The number of halogens is 2. The van der Waals surface area contributed by atoms with Crippen LogP contribution in [0.5, 0.6) is 0 Å². The summed E-state index contributed by atoms with van der Waals surface area (Å²) in [7, 11) is 0. The van der Waals surface area contributed by atoms with Crippen LogP contribution in [-0.2, 0) is 13.1 Å². The Morgan fingerprint density at radius 1 is 1.38 bits per heavy atom. The SMILES string of the molecule is Fc1ccc(CNCc2cscn2)c(Cl)c1. The molecule has 0 radical (unpaired) electrons. The minimum absolute atomic E-state index is 0.312. The maximum atomic E-state index is 12.8. The van der Waals surface area contributed by atoms with E-state index < -0.39 is 0 Å². The molecule has 1 aromatic carbocycles. The van der Waals surface area contributed by atoms with E-state index in [0.717, 1.165) is 11.3 Å². The van der Waals surface area contributed by atoms with Gasteiger partial charge in [-0.25, -0.2) is 9.37 Å². The zero-order valence-electron chi connectivity index (χ0n) is 8.41. The van der Waals surface area contributed by atoms with Gasteiger partial charge < -0.3 is 5.32 Å². The highest BCUT2D eigenvalue weighted by Crippen LogP contribution is 2.16. The van der Waals surface area contributed by atoms with Crippen molar-refractivity contribution in [2.75, 3.05) is 0 Å². The molecule has 1 heterocycles. The number of hydrogen-bond donors (Lipinski definition) is 1. The maximum Gasteiger partial charge on any atom is 0.124 e. The minimum atomic E-state index is -0.312. The third kappa shape index (κ3) is 3.01. The van der Waals surface area contributed by atoms with Crippen molar-refractivity contribution in [1.29, 1.82) is 0 Å². The fraction of sp³-hybridized carbons (Fsp3) is 0.182. The van der Waals surface area contributed by atoms with Crippen LogP contribution in [0, 0.1) is 5.82 Å². The molecule has 0 aliphatic heterocycles. The van der Waals surface area contributed by atoms with Gasteiger partial charge in [-0.1, -0.05) is 17.7 Å². The molecule has 0 aliphatic carbocycles. The molecule has 0 atom stereocenters. The molecule has 0 amide bonds. The second-order valence-corrected chi connectivity index (χ2v) is 4.44. The number of thiazole rings is 1. The van der Waals surface area contributed by atoms with Crippen LogP contribution in [0.15, 0.2) is 29.1 Å². The molecule has 2 rings (SSSR count). The number of benzene rings is 1. The second kappa shape index (κ2) is 5.39. The van der Waals surface area contributed by atoms with Crippen LogP contribution in [-0.4, -0.2) is 4.98 Å². The number of nitrogens with one attached hydrogen (secondary N) is 1. The lowest BCUT2D eigenvalue weighted by atomic mass is 10.2. The van der Waals surface area contributed by atoms with E-state index in [4.69, 9.17) is 11.6 Å². The molecular weight excluding hydrogens is 247 g/mol. The fourth-order valence-electron chi connectivity index (χ4n) is 1.32. The third-order valence-corrected chi connectivity index (χ3v) is 3.11. The van der Waals surface area contributed by atoms with Crippen molar-refractivity contribution >= 4 is 22.9 Å². The summed E-state index contributed by atoms with van der Waals surface area (Å²) in [5.74, 6) is -0.312. The Kier molecular flexibility index (Phi) is 3.88. The van der Waals surface area contributed by atoms with E-state index in [-0.39, 0.29) is 5.82 Å². The molecular formula is C11H10ClFN2S. The largest absolute Gasteiger partial charge is 0.307 e. The van der Waals surface area contributed by atoms with E-state index in [2.05, 4.69) is 10.3 Å². The van der Waals surface area contributed by atoms with Crippen molar-refractivity contribution in [3.8, 4) is 0 Å². The van der Waals surface area contributed by atoms with Crippen molar-refractivity contribution in [3.05, 3.63) is 51.2 Å². The first-order valence-electron chi connectivity index (χ1n) is 4.77. The van der Waals surface area contributed by atoms with Gasteiger partial charge in [0.2, 0.25) is 0 Å². The molecule has 0 spiro atoms. The quantitative estimate of drug-likeness (QED) is 0.909. The van der Waals surface area contributed by atoms with E-state index in [1.807, 2.05) is 5.38 Å². The summed E-state index contributed by atoms with van der Waals surface area (Å²) in [5.41, 5.74) is 3.68. The van der Waals surface area contributed by atoms with Gasteiger partial charge >= 0.3 is 0 Å². The van der Waals surface area contributed by atoms with E-state index >= 15 is 0 Å².